The summed E-state index contributed by atoms with van der Waals surface area (Å²) in [4.78, 5) is 24.5. The Morgan fingerprint density at radius 1 is 1.38 bits per heavy atom. The second kappa shape index (κ2) is 7.59. The molecule has 0 bridgehead atoms. The van der Waals surface area contributed by atoms with Gasteiger partial charge in [0.1, 0.15) is 5.82 Å². The zero-order valence-corrected chi connectivity index (χ0v) is 14.2. The van der Waals surface area contributed by atoms with E-state index in [-0.39, 0.29) is 5.91 Å². The number of amides is 1. The highest BCUT2D eigenvalue weighted by Crippen LogP contribution is 2.25. The van der Waals surface area contributed by atoms with Crippen molar-refractivity contribution in [1.29, 1.82) is 0 Å². The molecule has 1 aliphatic rings. The number of hydrogen-bond acceptors (Lipinski definition) is 5. The van der Waals surface area contributed by atoms with Crippen molar-refractivity contribution in [2.24, 2.45) is 0 Å². The minimum atomic E-state index is 0.143. The van der Waals surface area contributed by atoms with Crippen LogP contribution in [0.25, 0.3) is 0 Å². The molecule has 116 valence electrons. The first-order chi connectivity index (χ1) is 10.1. The molecule has 7 heteroatoms. The molecule has 2 rings (SSSR count). The van der Waals surface area contributed by atoms with Crippen molar-refractivity contribution in [3.05, 3.63) is 10.7 Å². The van der Waals surface area contributed by atoms with Crippen molar-refractivity contribution in [3.8, 4) is 0 Å². The van der Waals surface area contributed by atoms with Gasteiger partial charge in [0, 0.05) is 45.8 Å². The Hall–Kier alpha value is -1.37. The average Bonchev–Trinajstić information content (AvgIpc) is 2.72. The van der Waals surface area contributed by atoms with E-state index >= 15 is 0 Å². The van der Waals surface area contributed by atoms with Crippen molar-refractivity contribution >= 4 is 33.6 Å². The van der Waals surface area contributed by atoms with Gasteiger partial charge in [-0.3, -0.25) is 4.79 Å². The van der Waals surface area contributed by atoms with E-state index in [1.807, 2.05) is 4.90 Å². The van der Waals surface area contributed by atoms with Crippen LogP contribution in [0.2, 0.25) is 0 Å². The lowest BCUT2D eigenvalue weighted by Crippen LogP contribution is -2.34. The average molecular weight is 356 g/mol. The molecular weight excluding hydrogens is 334 g/mol. The van der Waals surface area contributed by atoms with Gasteiger partial charge in [0.25, 0.3) is 0 Å². The van der Waals surface area contributed by atoms with E-state index in [0.29, 0.717) is 5.95 Å². The Balaban J connectivity index is 2.11. The lowest BCUT2D eigenvalue weighted by Gasteiger charge is -2.23. The maximum atomic E-state index is 11.5. The fourth-order valence-corrected chi connectivity index (χ4v) is 2.79. The second-order valence-electron chi connectivity index (χ2n) is 5.14. The molecule has 2 heterocycles. The number of carbonyl (C=O) groups is 1. The number of anilines is 2. The molecule has 0 unspecified atom stereocenters. The molecule has 0 saturated carbocycles. The van der Waals surface area contributed by atoms with Gasteiger partial charge in [-0.1, -0.05) is 6.92 Å². The predicted octanol–water partition coefficient (Wildman–Crippen LogP) is 2.12. The molecule has 0 atom stereocenters. The van der Waals surface area contributed by atoms with E-state index in [2.05, 4.69) is 43.0 Å². The Morgan fingerprint density at radius 2 is 2.19 bits per heavy atom. The normalized spacial score (nSPS) is 15.8. The third-order valence-corrected chi connectivity index (χ3v) is 4.06. The summed E-state index contributed by atoms with van der Waals surface area (Å²) in [6.07, 6.45) is 3.77. The summed E-state index contributed by atoms with van der Waals surface area (Å²) >= 11 is 3.53. The smallest absolute Gasteiger partial charge is 0.224 e. The third-order valence-electron chi connectivity index (χ3n) is 3.50. The number of carbonyl (C=O) groups excluding carboxylic acids is 1. The van der Waals surface area contributed by atoms with Crippen molar-refractivity contribution in [1.82, 2.24) is 14.9 Å². The number of halogens is 1. The van der Waals surface area contributed by atoms with Gasteiger partial charge in [-0.15, -0.1) is 0 Å². The minimum absolute atomic E-state index is 0.143. The lowest BCUT2D eigenvalue weighted by molar-refractivity contribution is -0.128. The summed E-state index contributed by atoms with van der Waals surface area (Å²) in [5, 5.41) is 3.21. The van der Waals surface area contributed by atoms with Crippen LogP contribution in [-0.2, 0) is 4.79 Å². The summed E-state index contributed by atoms with van der Waals surface area (Å²) < 4.78 is 0.890. The van der Waals surface area contributed by atoms with Gasteiger partial charge in [-0.05, 0) is 28.8 Å². The van der Waals surface area contributed by atoms with E-state index in [1.165, 1.54) is 0 Å². The largest absolute Gasteiger partial charge is 0.354 e. The molecule has 1 aromatic heterocycles. The quantitative estimate of drug-likeness (QED) is 0.896. The molecule has 0 spiro atoms. The first-order valence-corrected chi connectivity index (χ1v) is 8.18. The zero-order valence-electron chi connectivity index (χ0n) is 12.6. The van der Waals surface area contributed by atoms with Crippen molar-refractivity contribution in [3.63, 3.8) is 0 Å². The summed E-state index contributed by atoms with van der Waals surface area (Å²) in [5.74, 6) is 1.70. The number of aromatic nitrogens is 2. The number of nitrogens with one attached hydrogen (secondary N) is 1. The zero-order chi connectivity index (χ0) is 15.2. The van der Waals surface area contributed by atoms with Crippen LogP contribution < -0.4 is 10.2 Å². The van der Waals surface area contributed by atoms with Crippen LogP contribution in [0.1, 0.15) is 26.7 Å². The molecule has 1 amide bonds. The van der Waals surface area contributed by atoms with Crippen molar-refractivity contribution in [2.75, 3.05) is 42.9 Å². The Bertz CT molecular complexity index is 496. The molecule has 1 fully saturated rings. The van der Waals surface area contributed by atoms with E-state index < -0.39 is 0 Å². The van der Waals surface area contributed by atoms with Crippen LogP contribution in [0.4, 0.5) is 11.8 Å². The molecule has 6 nitrogen and oxygen atoms in total. The maximum absolute atomic E-state index is 11.5. The maximum Gasteiger partial charge on any atom is 0.224 e. The number of hydrogen-bond donors (Lipinski definition) is 1. The Morgan fingerprint density at radius 3 is 2.90 bits per heavy atom. The fraction of sp³-hybridized carbons (Fsp3) is 0.643. The number of nitrogens with zero attached hydrogens (tertiary/aromatic N) is 4. The molecule has 0 aromatic carbocycles. The number of rotatable bonds is 4. The standard InChI is InChI=1S/C14H22BrN5O/c1-3-5-16-14-17-10-12(15)13(18-14)20-7-4-6-19(8-9-20)11(2)21/h10H,3-9H2,1-2H3,(H,16,17,18). The molecule has 0 radical (unpaired) electrons. The van der Waals surface area contributed by atoms with E-state index in [1.54, 1.807) is 13.1 Å². The fourth-order valence-electron chi connectivity index (χ4n) is 2.35. The first kappa shape index (κ1) is 16.0. The van der Waals surface area contributed by atoms with Crippen molar-refractivity contribution < 1.29 is 4.79 Å². The lowest BCUT2D eigenvalue weighted by atomic mass is 10.3. The van der Waals surface area contributed by atoms with Gasteiger partial charge in [-0.25, -0.2) is 4.98 Å². The molecular formula is C14H22BrN5O. The van der Waals surface area contributed by atoms with Crippen LogP contribution in [0.5, 0.6) is 0 Å². The first-order valence-electron chi connectivity index (χ1n) is 7.38. The van der Waals surface area contributed by atoms with Gasteiger partial charge in [0.15, 0.2) is 0 Å². The highest BCUT2D eigenvalue weighted by molar-refractivity contribution is 9.10. The van der Waals surface area contributed by atoms with Crippen LogP contribution in [0.3, 0.4) is 0 Å². The van der Waals surface area contributed by atoms with Gasteiger partial charge in [-0.2, -0.15) is 4.98 Å². The Labute approximate surface area is 134 Å². The highest BCUT2D eigenvalue weighted by atomic mass is 79.9. The topological polar surface area (TPSA) is 61.4 Å². The summed E-state index contributed by atoms with van der Waals surface area (Å²) in [6.45, 7) is 7.84. The summed E-state index contributed by atoms with van der Waals surface area (Å²) in [7, 11) is 0. The van der Waals surface area contributed by atoms with E-state index in [4.69, 9.17) is 0 Å². The van der Waals surface area contributed by atoms with Gasteiger partial charge >= 0.3 is 0 Å². The molecule has 21 heavy (non-hydrogen) atoms. The molecule has 0 aliphatic carbocycles. The molecule has 1 aliphatic heterocycles. The van der Waals surface area contributed by atoms with Gasteiger partial charge < -0.3 is 15.1 Å². The van der Waals surface area contributed by atoms with Crippen LogP contribution in [-0.4, -0.2) is 53.5 Å². The SMILES string of the molecule is CCCNc1ncc(Br)c(N2CCCN(C(C)=O)CC2)n1. The molecule has 1 aromatic rings. The minimum Gasteiger partial charge on any atom is -0.354 e. The summed E-state index contributed by atoms with van der Waals surface area (Å²) in [6, 6.07) is 0. The van der Waals surface area contributed by atoms with Crippen LogP contribution in [0.15, 0.2) is 10.7 Å². The monoisotopic (exact) mass is 355 g/mol. The van der Waals surface area contributed by atoms with Gasteiger partial charge in [0.05, 0.1) is 4.47 Å². The molecule has 1 N–H and O–H groups in total. The third kappa shape index (κ3) is 4.30. The molecule has 1 saturated heterocycles. The summed E-state index contributed by atoms with van der Waals surface area (Å²) in [5.41, 5.74) is 0. The van der Waals surface area contributed by atoms with Crippen molar-refractivity contribution in [2.45, 2.75) is 26.7 Å². The second-order valence-corrected chi connectivity index (χ2v) is 5.99. The van der Waals surface area contributed by atoms with Crippen LogP contribution >= 0.6 is 15.9 Å². The highest BCUT2D eigenvalue weighted by Gasteiger charge is 2.19. The van der Waals surface area contributed by atoms with E-state index in [0.717, 1.165) is 55.9 Å². The predicted molar refractivity (Wildman–Crippen MR) is 87.6 cm³/mol. The van der Waals surface area contributed by atoms with E-state index in [9.17, 15) is 4.79 Å². The Kier molecular flexibility index (Phi) is 5.78. The van der Waals surface area contributed by atoms with Gasteiger partial charge in [0.2, 0.25) is 11.9 Å². The van der Waals surface area contributed by atoms with Crippen LogP contribution in [0, 0.1) is 0 Å².